The molecule has 3 amide bonds. The number of nitrogens with zero attached hydrogens (tertiary/aromatic N) is 1. The maximum Gasteiger partial charge on any atom is 0.410 e. The second-order valence-electron chi connectivity index (χ2n) is 8.93. The van der Waals surface area contributed by atoms with Crippen molar-refractivity contribution in [2.45, 2.75) is 38.5 Å². The molecule has 37 heavy (non-hydrogen) atoms. The van der Waals surface area contributed by atoms with Gasteiger partial charge in [-0.1, -0.05) is 70.8 Å². The SMILES string of the molecule is CCCCCNC(=O)c1ccc(NC(=O)c2cccc(CN3C(=O)OC[C@H]3Pc3ccccc3)c2)cc1. The molecule has 1 unspecified atom stereocenters. The Morgan fingerprint density at radius 1 is 0.946 bits per heavy atom. The molecule has 0 saturated carbocycles. The summed E-state index contributed by atoms with van der Waals surface area (Å²) in [7, 11) is 0.418. The Labute approximate surface area is 219 Å². The second-order valence-corrected chi connectivity index (χ2v) is 10.5. The minimum atomic E-state index is -0.335. The number of cyclic esters (lactones) is 1. The number of ether oxygens (including phenoxy) is 1. The molecule has 2 atom stereocenters. The topological polar surface area (TPSA) is 87.7 Å². The third-order valence-electron chi connectivity index (χ3n) is 6.10. The number of amides is 3. The van der Waals surface area contributed by atoms with Gasteiger partial charge in [-0.15, -0.1) is 0 Å². The molecular weight excluding hydrogens is 485 g/mol. The van der Waals surface area contributed by atoms with Crippen LogP contribution in [0.25, 0.3) is 0 Å². The van der Waals surface area contributed by atoms with Crippen molar-refractivity contribution < 1.29 is 19.1 Å². The van der Waals surface area contributed by atoms with Crippen LogP contribution in [0.2, 0.25) is 0 Å². The maximum atomic E-state index is 12.9. The third kappa shape index (κ3) is 7.40. The van der Waals surface area contributed by atoms with Crippen LogP contribution in [0.4, 0.5) is 10.5 Å². The molecule has 192 valence electrons. The van der Waals surface area contributed by atoms with Gasteiger partial charge in [-0.25, -0.2) is 4.79 Å². The first-order valence-electron chi connectivity index (χ1n) is 12.6. The van der Waals surface area contributed by atoms with Crippen LogP contribution in [0.15, 0.2) is 78.9 Å². The highest BCUT2D eigenvalue weighted by Crippen LogP contribution is 2.29. The molecule has 0 aliphatic carbocycles. The largest absolute Gasteiger partial charge is 0.447 e. The molecule has 4 rings (SSSR count). The Morgan fingerprint density at radius 2 is 1.73 bits per heavy atom. The van der Waals surface area contributed by atoms with Crippen LogP contribution in [-0.2, 0) is 11.3 Å². The summed E-state index contributed by atoms with van der Waals surface area (Å²) in [6, 6.07) is 24.1. The quantitative estimate of drug-likeness (QED) is 0.272. The molecule has 3 aromatic rings. The van der Waals surface area contributed by atoms with E-state index < -0.39 is 0 Å². The third-order valence-corrected chi connectivity index (χ3v) is 7.57. The van der Waals surface area contributed by atoms with Gasteiger partial charge in [0.1, 0.15) is 6.61 Å². The molecule has 2 N–H and O–H groups in total. The van der Waals surface area contributed by atoms with E-state index in [1.807, 2.05) is 30.3 Å². The molecule has 8 heteroatoms. The lowest BCUT2D eigenvalue weighted by molar-refractivity contribution is 0.0952. The van der Waals surface area contributed by atoms with Crippen LogP contribution >= 0.6 is 8.58 Å². The van der Waals surface area contributed by atoms with E-state index in [0.29, 0.717) is 45.1 Å². The number of rotatable bonds is 11. The average molecular weight is 518 g/mol. The van der Waals surface area contributed by atoms with Gasteiger partial charge in [0.2, 0.25) is 0 Å². The van der Waals surface area contributed by atoms with E-state index in [1.54, 1.807) is 41.3 Å². The summed E-state index contributed by atoms with van der Waals surface area (Å²) in [5.74, 6) is -0.409. The van der Waals surface area contributed by atoms with Gasteiger partial charge in [0.05, 0.1) is 5.78 Å². The van der Waals surface area contributed by atoms with Crippen molar-refractivity contribution >= 4 is 37.5 Å². The van der Waals surface area contributed by atoms with E-state index >= 15 is 0 Å². The molecule has 1 heterocycles. The van der Waals surface area contributed by atoms with Crippen molar-refractivity contribution in [2.24, 2.45) is 0 Å². The van der Waals surface area contributed by atoms with E-state index in [2.05, 4.69) is 29.7 Å². The minimum absolute atomic E-state index is 0.0326. The van der Waals surface area contributed by atoms with Gasteiger partial charge in [0.25, 0.3) is 11.8 Å². The maximum absolute atomic E-state index is 12.9. The van der Waals surface area contributed by atoms with E-state index in [1.165, 1.54) is 5.30 Å². The van der Waals surface area contributed by atoms with Crippen LogP contribution in [0.1, 0.15) is 52.5 Å². The van der Waals surface area contributed by atoms with Crippen molar-refractivity contribution in [3.63, 3.8) is 0 Å². The Balaban J connectivity index is 1.35. The monoisotopic (exact) mass is 517 g/mol. The fraction of sp³-hybridized carbons (Fsp3) is 0.276. The van der Waals surface area contributed by atoms with Crippen LogP contribution in [0, 0.1) is 0 Å². The molecule has 1 aliphatic rings. The molecule has 0 aromatic heterocycles. The lowest BCUT2D eigenvalue weighted by atomic mass is 10.1. The smallest absolute Gasteiger partial charge is 0.410 e. The van der Waals surface area contributed by atoms with E-state index in [0.717, 1.165) is 24.8 Å². The van der Waals surface area contributed by atoms with Gasteiger partial charge < -0.3 is 15.4 Å². The zero-order valence-corrected chi connectivity index (χ0v) is 21.9. The first kappa shape index (κ1) is 26.4. The Hall–Kier alpha value is -3.70. The summed E-state index contributed by atoms with van der Waals surface area (Å²) in [4.78, 5) is 39.3. The fourth-order valence-electron chi connectivity index (χ4n) is 4.07. The molecule has 3 aromatic carbocycles. The van der Waals surface area contributed by atoms with Crippen molar-refractivity contribution in [3.05, 3.63) is 95.6 Å². The Bertz CT molecular complexity index is 1220. The Kier molecular flexibility index (Phi) is 9.28. The summed E-state index contributed by atoms with van der Waals surface area (Å²) in [5, 5.41) is 6.96. The van der Waals surface area contributed by atoms with Crippen molar-refractivity contribution in [3.8, 4) is 0 Å². The number of carbonyl (C=O) groups excluding carboxylic acids is 3. The number of hydrogen-bond donors (Lipinski definition) is 2. The van der Waals surface area contributed by atoms with Crippen LogP contribution in [0.5, 0.6) is 0 Å². The number of anilines is 1. The number of hydrogen-bond acceptors (Lipinski definition) is 4. The molecule has 1 fully saturated rings. The fourth-order valence-corrected chi connectivity index (χ4v) is 5.36. The number of unbranched alkanes of at least 4 members (excludes halogenated alkanes) is 2. The molecule has 1 saturated heterocycles. The van der Waals surface area contributed by atoms with Crippen molar-refractivity contribution in [1.29, 1.82) is 0 Å². The first-order valence-corrected chi connectivity index (χ1v) is 13.6. The summed E-state index contributed by atoms with van der Waals surface area (Å²) >= 11 is 0. The molecule has 0 spiro atoms. The van der Waals surface area contributed by atoms with E-state index in [4.69, 9.17) is 4.74 Å². The second kappa shape index (κ2) is 13.0. The van der Waals surface area contributed by atoms with Gasteiger partial charge in [-0.05, 0) is 53.7 Å². The minimum Gasteiger partial charge on any atom is -0.447 e. The predicted molar refractivity (Wildman–Crippen MR) is 148 cm³/mol. The zero-order valence-electron chi connectivity index (χ0n) is 20.9. The summed E-state index contributed by atoms with van der Waals surface area (Å²) in [6.45, 7) is 3.51. The molecule has 0 bridgehead atoms. The molecule has 0 radical (unpaired) electrons. The standard InChI is InChI=1S/C29H32N3O4P/c1-2-3-7-17-30-27(33)22-13-15-24(16-14-22)31-28(34)23-10-8-9-21(18-23)19-32-26(20-36-29(32)35)37-25-11-5-4-6-12-25/h4-6,8-16,18,26,37H,2-3,7,17,19-20H2,1H3,(H,30,33)(H,31,34)/t26-/m1/s1. The molecule has 1 aliphatic heterocycles. The van der Waals surface area contributed by atoms with Gasteiger partial charge >= 0.3 is 6.09 Å². The molecular formula is C29H32N3O4P. The van der Waals surface area contributed by atoms with Gasteiger partial charge in [0.15, 0.2) is 0 Å². The summed E-state index contributed by atoms with van der Waals surface area (Å²) in [6.07, 6.45) is 2.82. The van der Waals surface area contributed by atoms with Crippen LogP contribution in [0.3, 0.4) is 0 Å². The highest BCUT2D eigenvalue weighted by Gasteiger charge is 2.33. The highest BCUT2D eigenvalue weighted by molar-refractivity contribution is 7.48. The van der Waals surface area contributed by atoms with Crippen molar-refractivity contribution in [2.75, 3.05) is 18.5 Å². The number of nitrogens with one attached hydrogen (secondary N) is 2. The van der Waals surface area contributed by atoms with E-state index in [9.17, 15) is 14.4 Å². The number of carbonyl (C=O) groups is 3. The Morgan fingerprint density at radius 3 is 2.49 bits per heavy atom. The average Bonchev–Trinajstić information content (AvgIpc) is 3.26. The van der Waals surface area contributed by atoms with Crippen molar-refractivity contribution in [1.82, 2.24) is 10.2 Å². The van der Waals surface area contributed by atoms with Crippen LogP contribution in [-0.4, -0.2) is 41.7 Å². The first-order chi connectivity index (χ1) is 18.0. The van der Waals surface area contributed by atoms with Gasteiger partial charge in [-0.2, -0.15) is 0 Å². The van der Waals surface area contributed by atoms with Gasteiger partial charge in [0, 0.05) is 29.9 Å². The number of benzene rings is 3. The zero-order chi connectivity index (χ0) is 26.0. The summed E-state index contributed by atoms with van der Waals surface area (Å²) < 4.78 is 5.32. The normalized spacial score (nSPS) is 15.1. The predicted octanol–water partition coefficient (Wildman–Crippen LogP) is 5.14. The highest BCUT2D eigenvalue weighted by atomic mass is 31.1. The lowest BCUT2D eigenvalue weighted by Gasteiger charge is -2.21. The summed E-state index contributed by atoms with van der Waals surface area (Å²) in [5.41, 5.74) is 2.50. The van der Waals surface area contributed by atoms with E-state index in [-0.39, 0.29) is 23.7 Å². The van der Waals surface area contributed by atoms with Gasteiger partial charge in [-0.3, -0.25) is 14.5 Å². The molecule has 7 nitrogen and oxygen atoms in total. The van der Waals surface area contributed by atoms with Crippen LogP contribution < -0.4 is 15.9 Å². The lowest BCUT2D eigenvalue weighted by Crippen LogP contribution is -2.31.